The van der Waals surface area contributed by atoms with Crippen LogP contribution < -0.4 is 10.1 Å². The average Bonchev–Trinajstić information content (AvgIpc) is 3.36. The summed E-state index contributed by atoms with van der Waals surface area (Å²) < 4.78 is 10.8. The second-order valence-electron chi connectivity index (χ2n) is 6.75. The standard InChI is InChI=1S/C21H23N3O3/c1-26-16-8-4-14(5-9-16)6-11-20(25)22-15-7-10-17-18(13-15)24-21(23-17)19-3-2-12-27-19/h4-5,7-10,13,19H,2-3,6,11-12H2,1H3,(H,22,25)(H,23,24)/t19-/m0/s1. The van der Waals surface area contributed by atoms with Gasteiger partial charge in [0.25, 0.3) is 0 Å². The van der Waals surface area contributed by atoms with Gasteiger partial charge in [0.05, 0.1) is 18.1 Å². The highest BCUT2D eigenvalue weighted by atomic mass is 16.5. The molecule has 0 saturated carbocycles. The normalized spacial score (nSPS) is 16.6. The number of rotatable bonds is 6. The van der Waals surface area contributed by atoms with Crippen LogP contribution in [0, 0.1) is 0 Å². The zero-order valence-corrected chi connectivity index (χ0v) is 15.3. The third kappa shape index (κ3) is 4.11. The molecule has 140 valence electrons. The Bertz CT molecular complexity index is 927. The van der Waals surface area contributed by atoms with Crippen molar-refractivity contribution in [2.24, 2.45) is 0 Å². The van der Waals surface area contributed by atoms with E-state index in [1.807, 2.05) is 42.5 Å². The van der Waals surface area contributed by atoms with Crippen molar-refractivity contribution in [1.82, 2.24) is 9.97 Å². The summed E-state index contributed by atoms with van der Waals surface area (Å²) in [6, 6.07) is 13.5. The van der Waals surface area contributed by atoms with Gasteiger partial charge in [0.15, 0.2) is 0 Å². The number of ether oxygens (including phenoxy) is 2. The number of nitrogens with zero attached hydrogens (tertiary/aromatic N) is 1. The number of aryl methyl sites for hydroxylation is 1. The zero-order chi connectivity index (χ0) is 18.6. The Hall–Kier alpha value is -2.86. The van der Waals surface area contributed by atoms with Crippen LogP contribution >= 0.6 is 0 Å². The van der Waals surface area contributed by atoms with Crippen LogP contribution in [0.2, 0.25) is 0 Å². The summed E-state index contributed by atoms with van der Waals surface area (Å²) in [7, 11) is 1.64. The largest absolute Gasteiger partial charge is 0.497 e. The number of aromatic amines is 1. The predicted octanol–water partition coefficient (Wildman–Crippen LogP) is 3.99. The van der Waals surface area contributed by atoms with Crippen LogP contribution in [0.4, 0.5) is 5.69 Å². The number of H-pyrrole nitrogens is 1. The van der Waals surface area contributed by atoms with Crippen LogP contribution in [0.3, 0.4) is 0 Å². The Kier molecular flexibility index (Phi) is 5.07. The predicted molar refractivity (Wildman–Crippen MR) is 104 cm³/mol. The number of imidazole rings is 1. The van der Waals surface area contributed by atoms with Gasteiger partial charge in [-0.1, -0.05) is 12.1 Å². The maximum Gasteiger partial charge on any atom is 0.224 e. The number of hydrogen-bond donors (Lipinski definition) is 2. The lowest BCUT2D eigenvalue weighted by Crippen LogP contribution is -2.12. The highest BCUT2D eigenvalue weighted by molar-refractivity contribution is 5.93. The molecule has 0 aliphatic carbocycles. The van der Waals surface area contributed by atoms with Crippen molar-refractivity contribution in [2.45, 2.75) is 31.8 Å². The maximum atomic E-state index is 12.3. The van der Waals surface area contributed by atoms with Gasteiger partial charge in [-0.3, -0.25) is 4.79 Å². The molecule has 1 aromatic heterocycles. The van der Waals surface area contributed by atoms with E-state index in [0.717, 1.165) is 53.3 Å². The van der Waals surface area contributed by atoms with Crippen LogP contribution in [-0.4, -0.2) is 29.6 Å². The second-order valence-corrected chi connectivity index (χ2v) is 6.75. The molecular formula is C21H23N3O3. The number of anilines is 1. The smallest absolute Gasteiger partial charge is 0.224 e. The number of aromatic nitrogens is 2. The summed E-state index contributed by atoms with van der Waals surface area (Å²) in [5, 5.41) is 2.96. The molecule has 6 heteroatoms. The molecule has 2 aromatic carbocycles. The van der Waals surface area contributed by atoms with E-state index in [-0.39, 0.29) is 12.0 Å². The molecule has 1 fully saturated rings. The number of benzene rings is 2. The SMILES string of the molecule is COc1ccc(CCC(=O)Nc2ccc3nc([C@@H]4CCCO4)[nH]c3c2)cc1. The maximum absolute atomic E-state index is 12.3. The zero-order valence-electron chi connectivity index (χ0n) is 15.3. The first-order valence-electron chi connectivity index (χ1n) is 9.25. The minimum Gasteiger partial charge on any atom is -0.497 e. The molecule has 3 aromatic rings. The van der Waals surface area contributed by atoms with Crippen molar-refractivity contribution >= 4 is 22.6 Å². The third-order valence-electron chi connectivity index (χ3n) is 4.82. The van der Waals surface area contributed by atoms with Gasteiger partial charge in [-0.15, -0.1) is 0 Å². The van der Waals surface area contributed by atoms with Crippen molar-refractivity contribution in [3.05, 3.63) is 53.9 Å². The summed E-state index contributed by atoms with van der Waals surface area (Å²) >= 11 is 0. The van der Waals surface area contributed by atoms with Crippen LogP contribution in [-0.2, 0) is 16.0 Å². The molecule has 0 unspecified atom stereocenters. The first kappa shape index (κ1) is 17.5. The lowest BCUT2D eigenvalue weighted by Gasteiger charge is -2.06. The van der Waals surface area contributed by atoms with Crippen molar-refractivity contribution in [3.8, 4) is 5.75 Å². The second kappa shape index (κ2) is 7.80. The molecule has 0 bridgehead atoms. The molecule has 6 nitrogen and oxygen atoms in total. The molecule has 1 saturated heterocycles. The number of amides is 1. The van der Waals surface area contributed by atoms with Crippen molar-refractivity contribution in [3.63, 3.8) is 0 Å². The summed E-state index contributed by atoms with van der Waals surface area (Å²) in [6.45, 7) is 0.789. The van der Waals surface area contributed by atoms with Crippen LogP contribution in [0.25, 0.3) is 11.0 Å². The molecule has 0 spiro atoms. The van der Waals surface area contributed by atoms with E-state index < -0.39 is 0 Å². The molecule has 1 aliphatic rings. The van der Waals surface area contributed by atoms with E-state index in [2.05, 4.69) is 15.3 Å². The van der Waals surface area contributed by atoms with Gasteiger partial charge in [-0.25, -0.2) is 4.98 Å². The minimum atomic E-state index is -0.0102. The van der Waals surface area contributed by atoms with E-state index in [0.29, 0.717) is 12.8 Å². The Balaban J connectivity index is 1.37. The molecule has 1 aliphatic heterocycles. The van der Waals surface area contributed by atoms with Crippen molar-refractivity contribution in [1.29, 1.82) is 0 Å². The van der Waals surface area contributed by atoms with Crippen LogP contribution in [0.1, 0.15) is 36.8 Å². The molecule has 1 atom stereocenters. The minimum absolute atomic E-state index is 0.0102. The fourth-order valence-corrected chi connectivity index (χ4v) is 3.33. The third-order valence-corrected chi connectivity index (χ3v) is 4.82. The van der Waals surface area contributed by atoms with Gasteiger partial charge in [0, 0.05) is 18.7 Å². The van der Waals surface area contributed by atoms with E-state index >= 15 is 0 Å². The number of methoxy groups -OCH3 is 1. The summed E-state index contributed by atoms with van der Waals surface area (Å²) in [5.41, 5.74) is 3.67. The van der Waals surface area contributed by atoms with Gasteiger partial charge < -0.3 is 19.8 Å². The van der Waals surface area contributed by atoms with E-state index in [1.165, 1.54) is 0 Å². The molecule has 2 N–H and O–H groups in total. The summed E-state index contributed by atoms with van der Waals surface area (Å²) in [4.78, 5) is 20.2. The Morgan fingerprint density at radius 3 is 2.89 bits per heavy atom. The van der Waals surface area contributed by atoms with E-state index in [1.54, 1.807) is 7.11 Å². The van der Waals surface area contributed by atoms with Gasteiger partial charge in [0.2, 0.25) is 5.91 Å². The fraction of sp³-hybridized carbons (Fsp3) is 0.333. The molecule has 4 rings (SSSR count). The quantitative estimate of drug-likeness (QED) is 0.692. The fourth-order valence-electron chi connectivity index (χ4n) is 3.33. The average molecular weight is 365 g/mol. The Labute approximate surface area is 157 Å². The highest BCUT2D eigenvalue weighted by Gasteiger charge is 2.21. The number of fused-ring (bicyclic) bond motifs is 1. The van der Waals surface area contributed by atoms with Gasteiger partial charge in [-0.2, -0.15) is 0 Å². The van der Waals surface area contributed by atoms with Gasteiger partial charge >= 0.3 is 0 Å². The van der Waals surface area contributed by atoms with E-state index in [9.17, 15) is 4.79 Å². The first-order valence-corrected chi connectivity index (χ1v) is 9.25. The van der Waals surface area contributed by atoms with Crippen molar-refractivity contribution in [2.75, 3.05) is 19.0 Å². The Morgan fingerprint density at radius 1 is 1.30 bits per heavy atom. The summed E-state index contributed by atoms with van der Waals surface area (Å²) in [6.07, 6.45) is 3.23. The lowest BCUT2D eigenvalue weighted by atomic mass is 10.1. The monoisotopic (exact) mass is 365 g/mol. The number of hydrogen-bond acceptors (Lipinski definition) is 4. The molecule has 27 heavy (non-hydrogen) atoms. The number of carbonyl (C=O) groups excluding carboxylic acids is 1. The number of nitrogens with one attached hydrogen (secondary N) is 2. The van der Waals surface area contributed by atoms with Crippen molar-refractivity contribution < 1.29 is 14.3 Å². The van der Waals surface area contributed by atoms with Gasteiger partial charge in [-0.05, 0) is 55.2 Å². The Morgan fingerprint density at radius 2 is 2.15 bits per heavy atom. The number of carbonyl (C=O) groups is 1. The molecule has 2 heterocycles. The van der Waals surface area contributed by atoms with Crippen LogP contribution in [0.5, 0.6) is 5.75 Å². The highest BCUT2D eigenvalue weighted by Crippen LogP contribution is 2.28. The molecule has 1 amide bonds. The van der Waals surface area contributed by atoms with Gasteiger partial charge in [0.1, 0.15) is 17.7 Å². The first-order chi connectivity index (χ1) is 13.2. The van der Waals surface area contributed by atoms with Crippen LogP contribution in [0.15, 0.2) is 42.5 Å². The summed E-state index contributed by atoms with van der Waals surface area (Å²) in [5.74, 6) is 1.67. The molecular weight excluding hydrogens is 342 g/mol. The lowest BCUT2D eigenvalue weighted by molar-refractivity contribution is -0.116. The van der Waals surface area contributed by atoms with E-state index in [4.69, 9.17) is 9.47 Å². The topological polar surface area (TPSA) is 76.2 Å². The molecule has 0 radical (unpaired) electrons.